The Hall–Kier alpha value is -2.39. The van der Waals surface area contributed by atoms with Crippen LogP contribution in [0.2, 0.25) is 0 Å². The van der Waals surface area contributed by atoms with Gasteiger partial charge in [-0.05, 0) is 24.6 Å². The summed E-state index contributed by atoms with van der Waals surface area (Å²) in [5.74, 6) is 3.65. The summed E-state index contributed by atoms with van der Waals surface area (Å²) in [5, 5.41) is 2.52. The van der Waals surface area contributed by atoms with E-state index in [-0.39, 0.29) is 25.1 Å². The summed E-state index contributed by atoms with van der Waals surface area (Å²) >= 11 is 0. The Kier molecular flexibility index (Phi) is 6.20. The third-order valence-corrected chi connectivity index (χ3v) is 2.43. The van der Waals surface area contributed by atoms with Gasteiger partial charge in [0.15, 0.2) is 0 Å². The van der Waals surface area contributed by atoms with Crippen LogP contribution >= 0.6 is 0 Å². The molecule has 106 valence electrons. The fraction of sp³-hybridized carbons (Fsp3) is 0.286. The molecule has 0 aliphatic heterocycles. The van der Waals surface area contributed by atoms with Gasteiger partial charge in [0.2, 0.25) is 5.91 Å². The molecule has 1 aromatic carbocycles. The molecule has 20 heavy (non-hydrogen) atoms. The number of hydrogen-bond donors (Lipinski definition) is 3. The second-order valence-electron chi connectivity index (χ2n) is 4.03. The lowest BCUT2D eigenvalue weighted by Crippen LogP contribution is -2.26. The topological polar surface area (TPSA) is 98.2 Å². The van der Waals surface area contributed by atoms with Crippen LogP contribution in [0.5, 0.6) is 0 Å². The molecule has 0 heterocycles. The van der Waals surface area contributed by atoms with Crippen LogP contribution in [0.4, 0.5) is 4.39 Å². The molecule has 0 saturated heterocycles. The predicted octanol–water partition coefficient (Wildman–Crippen LogP) is 0.131. The maximum Gasteiger partial charge on any atom is 0.254 e. The van der Waals surface area contributed by atoms with Crippen LogP contribution in [0.3, 0.4) is 0 Å². The van der Waals surface area contributed by atoms with E-state index in [0.29, 0.717) is 12.0 Å². The van der Waals surface area contributed by atoms with Crippen LogP contribution < -0.4 is 16.8 Å². The Labute approximate surface area is 116 Å². The fourth-order valence-corrected chi connectivity index (χ4v) is 1.49. The number of amides is 2. The summed E-state index contributed by atoms with van der Waals surface area (Å²) in [6, 6.07) is 4.09. The fourth-order valence-electron chi connectivity index (χ4n) is 1.49. The van der Waals surface area contributed by atoms with Crippen LogP contribution in [0.15, 0.2) is 18.2 Å². The van der Waals surface area contributed by atoms with Gasteiger partial charge in [-0.2, -0.15) is 0 Å². The number of nitrogens with two attached hydrogens (primary N) is 2. The number of primary amides is 1. The van der Waals surface area contributed by atoms with Crippen LogP contribution in [-0.4, -0.2) is 24.9 Å². The van der Waals surface area contributed by atoms with Crippen molar-refractivity contribution < 1.29 is 14.0 Å². The van der Waals surface area contributed by atoms with Crippen LogP contribution in [0.1, 0.15) is 28.8 Å². The number of hydrogen-bond acceptors (Lipinski definition) is 3. The van der Waals surface area contributed by atoms with Crippen molar-refractivity contribution in [1.82, 2.24) is 5.32 Å². The zero-order chi connectivity index (χ0) is 15.0. The van der Waals surface area contributed by atoms with E-state index in [1.54, 1.807) is 6.07 Å². The molecule has 0 aliphatic rings. The maximum atomic E-state index is 13.7. The molecule has 0 saturated carbocycles. The first-order valence-electron chi connectivity index (χ1n) is 6.09. The van der Waals surface area contributed by atoms with E-state index in [2.05, 4.69) is 17.2 Å². The van der Waals surface area contributed by atoms with Gasteiger partial charge in [-0.1, -0.05) is 11.8 Å². The van der Waals surface area contributed by atoms with E-state index in [1.807, 2.05) is 0 Å². The lowest BCUT2D eigenvalue weighted by molar-refractivity contribution is -0.118. The van der Waals surface area contributed by atoms with E-state index in [9.17, 15) is 14.0 Å². The molecule has 0 bridgehead atoms. The predicted molar refractivity (Wildman–Crippen MR) is 73.1 cm³/mol. The first kappa shape index (κ1) is 15.7. The van der Waals surface area contributed by atoms with Gasteiger partial charge in [0, 0.05) is 18.5 Å². The minimum absolute atomic E-state index is 0.0672. The Morgan fingerprint density at radius 1 is 1.35 bits per heavy atom. The normalized spacial score (nSPS) is 9.50. The van der Waals surface area contributed by atoms with Crippen molar-refractivity contribution in [3.05, 3.63) is 35.1 Å². The second-order valence-corrected chi connectivity index (χ2v) is 4.03. The van der Waals surface area contributed by atoms with Crippen LogP contribution in [0.25, 0.3) is 0 Å². The quantitative estimate of drug-likeness (QED) is 0.527. The minimum Gasteiger partial charge on any atom is -0.370 e. The summed E-state index contributed by atoms with van der Waals surface area (Å²) in [6.07, 6.45) is 0.596. The summed E-state index contributed by atoms with van der Waals surface area (Å²) < 4.78 is 13.7. The zero-order valence-corrected chi connectivity index (χ0v) is 10.9. The molecule has 0 unspecified atom stereocenters. The van der Waals surface area contributed by atoms with Crippen molar-refractivity contribution in [3.8, 4) is 11.8 Å². The number of benzene rings is 1. The standard InChI is InChI=1S/C14H16FN3O2/c15-12-9-10(3-1-7-16)5-6-11(12)14(20)18-8-2-4-13(17)19/h5-6,9H,2,4,7-8,16H2,(H2,17,19)(H,18,20). The molecule has 0 aliphatic carbocycles. The molecule has 6 heteroatoms. The molecule has 0 radical (unpaired) electrons. The van der Waals surface area contributed by atoms with Crippen molar-refractivity contribution in [2.75, 3.05) is 13.1 Å². The van der Waals surface area contributed by atoms with Gasteiger partial charge in [0.25, 0.3) is 5.91 Å². The Morgan fingerprint density at radius 2 is 2.10 bits per heavy atom. The van der Waals surface area contributed by atoms with Crippen LogP contribution in [-0.2, 0) is 4.79 Å². The number of carbonyl (C=O) groups excluding carboxylic acids is 2. The molecule has 0 aromatic heterocycles. The minimum atomic E-state index is -0.652. The van der Waals surface area contributed by atoms with Crippen molar-refractivity contribution in [2.24, 2.45) is 11.5 Å². The summed E-state index contributed by atoms with van der Waals surface area (Å²) in [4.78, 5) is 22.2. The van der Waals surface area contributed by atoms with Gasteiger partial charge >= 0.3 is 0 Å². The summed E-state index contributed by atoms with van der Waals surface area (Å²) in [7, 11) is 0. The maximum absolute atomic E-state index is 13.7. The van der Waals surface area contributed by atoms with E-state index >= 15 is 0 Å². The van der Waals surface area contributed by atoms with Gasteiger partial charge in [0.05, 0.1) is 12.1 Å². The first-order valence-corrected chi connectivity index (χ1v) is 6.09. The molecule has 0 spiro atoms. The average molecular weight is 277 g/mol. The van der Waals surface area contributed by atoms with Crippen molar-refractivity contribution >= 4 is 11.8 Å². The third-order valence-electron chi connectivity index (χ3n) is 2.43. The number of halogens is 1. The zero-order valence-electron chi connectivity index (χ0n) is 10.9. The highest BCUT2D eigenvalue weighted by molar-refractivity contribution is 5.94. The van der Waals surface area contributed by atoms with E-state index in [1.165, 1.54) is 12.1 Å². The Morgan fingerprint density at radius 3 is 2.70 bits per heavy atom. The summed E-state index contributed by atoms with van der Waals surface area (Å²) in [5.41, 5.74) is 10.6. The van der Waals surface area contributed by atoms with Crippen LogP contribution in [0, 0.1) is 17.7 Å². The molecule has 5 nitrogen and oxygen atoms in total. The SMILES string of the molecule is NCC#Cc1ccc(C(=O)NCCCC(N)=O)c(F)c1. The van der Waals surface area contributed by atoms with Crippen molar-refractivity contribution in [2.45, 2.75) is 12.8 Å². The molecule has 1 rings (SSSR count). The number of carbonyl (C=O) groups is 2. The summed E-state index contributed by atoms with van der Waals surface area (Å²) in [6.45, 7) is 0.444. The smallest absolute Gasteiger partial charge is 0.254 e. The average Bonchev–Trinajstić information content (AvgIpc) is 2.41. The van der Waals surface area contributed by atoms with E-state index in [0.717, 1.165) is 0 Å². The van der Waals surface area contributed by atoms with E-state index in [4.69, 9.17) is 11.5 Å². The third kappa shape index (κ3) is 5.08. The van der Waals surface area contributed by atoms with Crippen molar-refractivity contribution in [3.63, 3.8) is 0 Å². The van der Waals surface area contributed by atoms with Gasteiger partial charge in [-0.25, -0.2) is 4.39 Å². The van der Waals surface area contributed by atoms with Gasteiger partial charge < -0.3 is 16.8 Å². The molecular formula is C14H16FN3O2. The highest BCUT2D eigenvalue weighted by Crippen LogP contribution is 2.09. The van der Waals surface area contributed by atoms with E-state index < -0.39 is 17.6 Å². The van der Waals surface area contributed by atoms with Crippen molar-refractivity contribution in [1.29, 1.82) is 0 Å². The lowest BCUT2D eigenvalue weighted by Gasteiger charge is -2.05. The molecule has 0 atom stereocenters. The molecule has 5 N–H and O–H groups in total. The van der Waals surface area contributed by atoms with Gasteiger partial charge in [-0.3, -0.25) is 9.59 Å². The highest BCUT2D eigenvalue weighted by atomic mass is 19.1. The first-order chi connectivity index (χ1) is 9.54. The molecular weight excluding hydrogens is 261 g/mol. The van der Waals surface area contributed by atoms with Gasteiger partial charge in [0.1, 0.15) is 5.82 Å². The second kappa shape index (κ2) is 7.92. The number of rotatable bonds is 5. The Balaban J connectivity index is 2.62. The molecule has 1 aromatic rings. The molecule has 2 amide bonds. The lowest BCUT2D eigenvalue weighted by atomic mass is 10.1. The monoisotopic (exact) mass is 277 g/mol. The van der Waals surface area contributed by atoms with Gasteiger partial charge in [-0.15, -0.1) is 0 Å². The Bertz CT molecular complexity index is 561. The number of nitrogens with one attached hydrogen (secondary N) is 1. The highest BCUT2D eigenvalue weighted by Gasteiger charge is 2.11. The largest absolute Gasteiger partial charge is 0.370 e. The molecule has 0 fully saturated rings.